The Labute approximate surface area is 46.1 Å². The molecule has 1 heteroatoms. The molecule has 0 rings (SSSR count). The summed E-state index contributed by atoms with van der Waals surface area (Å²) in [5, 5.41) is 3.97. The predicted molar refractivity (Wildman–Crippen MR) is 33.7 cm³/mol. The Morgan fingerprint density at radius 1 is 1.29 bits per heavy atom. The van der Waals surface area contributed by atoms with Crippen molar-refractivity contribution in [3.63, 3.8) is 0 Å². The minimum Gasteiger partial charge on any atom is -0.665 e. The summed E-state index contributed by atoms with van der Waals surface area (Å²) in [4.78, 5) is 0. The van der Waals surface area contributed by atoms with E-state index in [0.29, 0.717) is 0 Å². The summed E-state index contributed by atoms with van der Waals surface area (Å²) in [6.45, 7) is 3.25. The fourth-order valence-electron chi connectivity index (χ4n) is 0.520. The van der Waals surface area contributed by atoms with E-state index in [4.69, 9.17) is 0 Å². The van der Waals surface area contributed by atoms with Crippen LogP contribution in [0.15, 0.2) is 0 Å². The molecular weight excluding hydrogens is 86.1 g/mol. The van der Waals surface area contributed by atoms with Crippen molar-refractivity contribution in [2.24, 2.45) is 0 Å². The van der Waals surface area contributed by atoms with Crippen molar-refractivity contribution in [2.75, 3.05) is 13.6 Å². The van der Waals surface area contributed by atoms with Gasteiger partial charge in [0.15, 0.2) is 0 Å². The Balaban J connectivity index is 2.45. The topological polar surface area (TPSA) is 14.1 Å². The highest BCUT2D eigenvalue weighted by atomic mass is 14.8. The van der Waals surface area contributed by atoms with Gasteiger partial charge < -0.3 is 5.32 Å². The number of hydrogen-bond donors (Lipinski definition) is 0. The third-order valence-electron chi connectivity index (χ3n) is 0.985. The van der Waals surface area contributed by atoms with E-state index in [1.807, 2.05) is 7.05 Å². The number of unbranched alkanes of at least 4 members (excludes halogenated alkanes) is 2. The van der Waals surface area contributed by atoms with E-state index in [1.165, 1.54) is 19.3 Å². The molecule has 0 amide bonds. The van der Waals surface area contributed by atoms with Crippen LogP contribution >= 0.6 is 0 Å². The highest BCUT2D eigenvalue weighted by molar-refractivity contribution is 4.67. The van der Waals surface area contributed by atoms with Gasteiger partial charge in [0, 0.05) is 0 Å². The molecule has 0 N–H and O–H groups in total. The maximum absolute atomic E-state index is 3.97. The quantitative estimate of drug-likeness (QED) is 0.481. The second kappa shape index (κ2) is 5.96. The normalized spacial score (nSPS) is 9.43. The first-order valence-electron chi connectivity index (χ1n) is 2.97. The Morgan fingerprint density at radius 3 is 2.43 bits per heavy atom. The van der Waals surface area contributed by atoms with E-state index >= 15 is 0 Å². The molecule has 0 spiro atoms. The lowest BCUT2D eigenvalue weighted by Crippen LogP contribution is -1.79. The van der Waals surface area contributed by atoms with Crippen molar-refractivity contribution in [3.05, 3.63) is 5.32 Å². The Bertz CT molecular complexity index is 23.4. The van der Waals surface area contributed by atoms with Gasteiger partial charge in [0.1, 0.15) is 0 Å². The molecule has 0 aliphatic rings. The Hall–Kier alpha value is -0.0400. The molecule has 0 aliphatic heterocycles. The minimum atomic E-state index is 1.05. The van der Waals surface area contributed by atoms with Gasteiger partial charge in [-0.2, -0.15) is 7.05 Å². The van der Waals surface area contributed by atoms with E-state index in [1.54, 1.807) is 0 Å². The zero-order valence-corrected chi connectivity index (χ0v) is 5.28. The van der Waals surface area contributed by atoms with Crippen LogP contribution < -0.4 is 0 Å². The van der Waals surface area contributed by atoms with Crippen LogP contribution in [-0.2, 0) is 0 Å². The zero-order chi connectivity index (χ0) is 5.54. The van der Waals surface area contributed by atoms with E-state index in [9.17, 15) is 0 Å². The first-order valence-corrected chi connectivity index (χ1v) is 2.97. The molecule has 0 radical (unpaired) electrons. The molecule has 0 aromatic rings. The molecule has 0 saturated heterocycles. The van der Waals surface area contributed by atoms with Crippen LogP contribution in [0.25, 0.3) is 5.32 Å². The number of nitrogens with zero attached hydrogens (tertiary/aromatic N) is 1. The molecule has 44 valence electrons. The highest BCUT2D eigenvalue weighted by Crippen LogP contribution is 1.94. The van der Waals surface area contributed by atoms with Crippen LogP contribution in [0.5, 0.6) is 0 Å². The van der Waals surface area contributed by atoms with Crippen LogP contribution in [0.1, 0.15) is 26.2 Å². The van der Waals surface area contributed by atoms with Crippen molar-refractivity contribution in [1.82, 2.24) is 0 Å². The molecule has 0 atom stereocenters. The van der Waals surface area contributed by atoms with Gasteiger partial charge in [0.25, 0.3) is 0 Å². The third kappa shape index (κ3) is 5.96. The second-order valence-corrected chi connectivity index (χ2v) is 1.75. The van der Waals surface area contributed by atoms with Crippen LogP contribution in [0, 0.1) is 0 Å². The molecule has 7 heavy (non-hydrogen) atoms. The summed E-state index contributed by atoms with van der Waals surface area (Å²) in [5.74, 6) is 0. The lowest BCUT2D eigenvalue weighted by Gasteiger charge is -2.07. The van der Waals surface area contributed by atoms with Gasteiger partial charge in [0.2, 0.25) is 0 Å². The monoisotopic (exact) mass is 100 g/mol. The van der Waals surface area contributed by atoms with Crippen molar-refractivity contribution < 1.29 is 0 Å². The number of hydrogen-bond acceptors (Lipinski definition) is 0. The molecular formula is C6H14N-. The van der Waals surface area contributed by atoms with Gasteiger partial charge >= 0.3 is 0 Å². The summed E-state index contributed by atoms with van der Waals surface area (Å²) in [6, 6.07) is 0. The lowest BCUT2D eigenvalue weighted by atomic mass is 10.2. The van der Waals surface area contributed by atoms with E-state index < -0.39 is 0 Å². The largest absolute Gasteiger partial charge is 0.665 e. The molecule has 0 heterocycles. The molecule has 0 aliphatic carbocycles. The fraction of sp³-hybridized carbons (Fsp3) is 1.00. The molecule has 0 aromatic carbocycles. The number of rotatable bonds is 4. The van der Waals surface area contributed by atoms with Crippen LogP contribution in [0.2, 0.25) is 0 Å². The summed E-state index contributed by atoms with van der Waals surface area (Å²) >= 11 is 0. The van der Waals surface area contributed by atoms with Crippen LogP contribution in [0.4, 0.5) is 0 Å². The fourth-order valence-corrected chi connectivity index (χ4v) is 0.520. The summed E-state index contributed by atoms with van der Waals surface area (Å²) in [7, 11) is 1.87. The molecule has 0 fully saturated rings. The molecule has 0 unspecified atom stereocenters. The summed E-state index contributed by atoms with van der Waals surface area (Å²) in [6.07, 6.45) is 3.90. The molecule has 0 aromatic heterocycles. The van der Waals surface area contributed by atoms with Gasteiger partial charge in [-0.25, -0.2) is 0 Å². The van der Waals surface area contributed by atoms with Gasteiger partial charge in [-0.15, -0.1) is 6.54 Å². The average Bonchev–Trinajstić information content (AvgIpc) is 1.69. The highest BCUT2D eigenvalue weighted by Gasteiger charge is 1.73. The van der Waals surface area contributed by atoms with Crippen LogP contribution in [0.3, 0.4) is 0 Å². The molecule has 0 saturated carbocycles. The van der Waals surface area contributed by atoms with E-state index in [2.05, 4.69) is 12.2 Å². The van der Waals surface area contributed by atoms with Gasteiger partial charge in [-0.05, 0) is 0 Å². The SMILES string of the molecule is CCCCC[N-]C. The van der Waals surface area contributed by atoms with Crippen molar-refractivity contribution >= 4 is 0 Å². The summed E-state index contributed by atoms with van der Waals surface area (Å²) < 4.78 is 0. The first kappa shape index (κ1) is 6.96. The predicted octanol–water partition coefficient (Wildman–Crippen LogP) is 2.18. The third-order valence-corrected chi connectivity index (χ3v) is 0.985. The van der Waals surface area contributed by atoms with Crippen molar-refractivity contribution in [1.29, 1.82) is 0 Å². The Kier molecular flexibility index (Phi) is 5.93. The molecule has 0 bridgehead atoms. The molecule has 1 nitrogen and oxygen atoms in total. The second-order valence-electron chi connectivity index (χ2n) is 1.75. The average molecular weight is 100 g/mol. The smallest absolute Gasteiger partial charge is 0.0552 e. The van der Waals surface area contributed by atoms with Gasteiger partial charge in [-0.1, -0.05) is 26.2 Å². The maximum Gasteiger partial charge on any atom is -0.0552 e. The van der Waals surface area contributed by atoms with Crippen molar-refractivity contribution in [3.8, 4) is 0 Å². The summed E-state index contributed by atoms with van der Waals surface area (Å²) in [5.41, 5.74) is 0. The van der Waals surface area contributed by atoms with E-state index in [-0.39, 0.29) is 0 Å². The van der Waals surface area contributed by atoms with E-state index in [0.717, 1.165) is 6.54 Å². The Morgan fingerprint density at radius 2 is 2.00 bits per heavy atom. The lowest BCUT2D eigenvalue weighted by molar-refractivity contribution is 0.750. The van der Waals surface area contributed by atoms with Gasteiger partial charge in [0.05, 0.1) is 0 Å². The van der Waals surface area contributed by atoms with Crippen molar-refractivity contribution in [2.45, 2.75) is 26.2 Å². The van der Waals surface area contributed by atoms with Gasteiger partial charge in [-0.3, -0.25) is 0 Å². The zero-order valence-electron chi connectivity index (χ0n) is 5.28. The first-order chi connectivity index (χ1) is 3.41. The van der Waals surface area contributed by atoms with Crippen LogP contribution in [-0.4, -0.2) is 13.6 Å². The standard InChI is InChI=1S/C6H14N/c1-3-4-5-6-7-2/h3-6H2,1-2H3/q-1. The minimum absolute atomic E-state index is 1.05. The maximum atomic E-state index is 3.97.